The molecule has 1 fully saturated rings. The van der Waals surface area contributed by atoms with Crippen molar-refractivity contribution in [2.45, 2.75) is 57.2 Å². The van der Waals surface area contributed by atoms with E-state index < -0.39 is 5.54 Å². The SMILES string of the molecule is CCCSC1CCC(NCC)(C(=O)OCC)C1. The van der Waals surface area contributed by atoms with Crippen molar-refractivity contribution in [2.24, 2.45) is 0 Å². The van der Waals surface area contributed by atoms with Gasteiger partial charge < -0.3 is 10.1 Å². The number of likely N-dealkylation sites (N-methyl/N-ethyl adjacent to an activating group) is 1. The third-order valence-electron chi connectivity index (χ3n) is 3.21. The van der Waals surface area contributed by atoms with E-state index in [0.29, 0.717) is 11.9 Å². The van der Waals surface area contributed by atoms with Crippen molar-refractivity contribution in [1.29, 1.82) is 0 Å². The summed E-state index contributed by atoms with van der Waals surface area (Å²) in [6.45, 7) is 7.41. The van der Waals surface area contributed by atoms with Crippen LogP contribution in [0.5, 0.6) is 0 Å². The molecule has 0 aromatic rings. The summed E-state index contributed by atoms with van der Waals surface area (Å²) < 4.78 is 5.22. The van der Waals surface area contributed by atoms with Crippen LogP contribution in [-0.4, -0.2) is 35.7 Å². The summed E-state index contributed by atoms with van der Waals surface area (Å²) in [7, 11) is 0. The number of thioether (sulfide) groups is 1. The number of nitrogens with one attached hydrogen (secondary N) is 1. The van der Waals surface area contributed by atoms with Crippen LogP contribution in [0.4, 0.5) is 0 Å². The predicted molar refractivity (Wildman–Crippen MR) is 73.4 cm³/mol. The van der Waals surface area contributed by atoms with Gasteiger partial charge in [0.15, 0.2) is 0 Å². The molecule has 2 atom stereocenters. The molecular weight excluding hydrogens is 234 g/mol. The number of hydrogen-bond acceptors (Lipinski definition) is 4. The molecule has 100 valence electrons. The molecule has 0 aromatic carbocycles. The van der Waals surface area contributed by atoms with E-state index in [1.807, 2.05) is 25.6 Å². The molecule has 4 heteroatoms. The average Bonchev–Trinajstić information content (AvgIpc) is 2.72. The molecule has 0 bridgehead atoms. The molecule has 0 amide bonds. The zero-order chi connectivity index (χ0) is 12.7. The normalized spacial score (nSPS) is 28.3. The number of esters is 1. The Bertz CT molecular complexity index is 248. The first-order valence-electron chi connectivity index (χ1n) is 6.72. The van der Waals surface area contributed by atoms with Crippen molar-refractivity contribution in [3.05, 3.63) is 0 Å². The fourth-order valence-corrected chi connectivity index (χ4v) is 3.71. The van der Waals surface area contributed by atoms with Crippen LogP contribution in [0.1, 0.15) is 46.5 Å². The number of hydrogen-bond donors (Lipinski definition) is 1. The molecular formula is C13H25NO2S. The Morgan fingerprint density at radius 2 is 2.24 bits per heavy atom. The maximum Gasteiger partial charge on any atom is 0.326 e. The zero-order valence-electron chi connectivity index (χ0n) is 11.3. The molecule has 0 spiro atoms. The van der Waals surface area contributed by atoms with Gasteiger partial charge in [-0.15, -0.1) is 0 Å². The third kappa shape index (κ3) is 3.88. The van der Waals surface area contributed by atoms with Crippen LogP contribution in [0.25, 0.3) is 0 Å². The minimum Gasteiger partial charge on any atom is -0.465 e. The molecule has 17 heavy (non-hydrogen) atoms. The van der Waals surface area contributed by atoms with Gasteiger partial charge in [0.2, 0.25) is 0 Å². The predicted octanol–water partition coefficient (Wildman–Crippen LogP) is 2.59. The van der Waals surface area contributed by atoms with Crippen molar-refractivity contribution >= 4 is 17.7 Å². The summed E-state index contributed by atoms with van der Waals surface area (Å²) in [5.41, 5.74) is -0.407. The second-order valence-corrected chi connectivity index (χ2v) is 5.98. The summed E-state index contributed by atoms with van der Waals surface area (Å²) in [5, 5.41) is 3.97. The van der Waals surface area contributed by atoms with E-state index in [1.165, 1.54) is 12.2 Å². The van der Waals surface area contributed by atoms with Crippen molar-refractivity contribution in [1.82, 2.24) is 5.32 Å². The van der Waals surface area contributed by atoms with E-state index in [1.54, 1.807) is 0 Å². The summed E-state index contributed by atoms with van der Waals surface area (Å²) in [6, 6.07) is 0. The number of ether oxygens (including phenoxy) is 1. The van der Waals surface area contributed by atoms with Crippen LogP contribution in [-0.2, 0) is 9.53 Å². The minimum absolute atomic E-state index is 0.0542. The van der Waals surface area contributed by atoms with Gasteiger partial charge >= 0.3 is 5.97 Å². The second-order valence-electron chi connectivity index (χ2n) is 4.57. The van der Waals surface area contributed by atoms with Gasteiger partial charge in [0.05, 0.1) is 6.61 Å². The first-order chi connectivity index (χ1) is 8.18. The molecule has 3 nitrogen and oxygen atoms in total. The molecule has 1 N–H and O–H groups in total. The number of rotatable bonds is 7. The largest absolute Gasteiger partial charge is 0.465 e. The zero-order valence-corrected chi connectivity index (χ0v) is 12.1. The summed E-state index contributed by atoms with van der Waals surface area (Å²) in [5.74, 6) is 1.14. The van der Waals surface area contributed by atoms with Crippen molar-refractivity contribution in [3.63, 3.8) is 0 Å². The van der Waals surface area contributed by atoms with Crippen molar-refractivity contribution < 1.29 is 9.53 Å². The first kappa shape index (κ1) is 14.8. The quantitative estimate of drug-likeness (QED) is 0.713. The van der Waals surface area contributed by atoms with E-state index in [-0.39, 0.29) is 5.97 Å². The molecule has 0 saturated heterocycles. The van der Waals surface area contributed by atoms with E-state index in [4.69, 9.17) is 4.74 Å². The number of carbonyl (C=O) groups is 1. The molecule has 1 saturated carbocycles. The Kier molecular flexibility index (Phi) is 6.34. The van der Waals surface area contributed by atoms with Crippen LogP contribution in [0.15, 0.2) is 0 Å². The maximum absolute atomic E-state index is 12.1. The van der Waals surface area contributed by atoms with Crippen LogP contribution in [0.3, 0.4) is 0 Å². The Hall–Kier alpha value is -0.220. The molecule has 1 aliphatic rings. The van der Waals surface area contributed by atoms with Crippen LogP contribution < -0.4 is 5.32 Å². The highest BCUT2D eigenvalue weighted by Crippen LogP contribution is 2.38. The van der Waals surface area contributed by atoms with Gasteiger partial charge in [0, 0.05) is 5.25 Å². The second kappa shape index (κ2) is 7.27. The van der Waals surface area contributed by atoms with Gasteiger partial charge in [0.1, 0.15) is 5.54 Å². The molecule has 1 aliphatic carbocycles. The summed E-state index contributed by atoms with van der Waals surface area (Å²) in [6.07, 6.45) is 4.16. The van der Waals surface area contributed by atoms with Gasteiger partial charge in [-0.25, -0.2) is 0 Å². The van der Waals surface area contributed by atoms with E-state index >= 15 is 0 Å². The van der Waals surface area contributed by atoms with Crippen molar-refractivity contribution in [3.8, 4) is 0 Å². The van der Waals surface area contributed by atoms with Gasteiger partial charge in [-0.05, 0) is 44.9 Å². The van der Waals surface area contributed by atoms with Crippen molar-refractivity contribution in [2.75, 3.05) is 18.9 Å². The lowest BCUT2D eigenvalue weighted by molar-refractivity contribution is -0.151. The van der Waals surface area contributed by atoms with E-state index in [9.17, 15) is 4.79 Å². The molecule has 1 rings (SSSR count). The summed E-state index contributed by atoms with van der Waals surface area (Å²) >= 11 is 2.00. The molecule has 0 aliphatic heterocycles. The number of carbonyl (C=O) groups excluding carboxylic acids is 1. The standard InChI is InChI=1S/C13H25NO2S/c1-4-9-17-11-7-8-13(10-11,14-5-2)12(15)16-6-3/h11,14H,4-10H2,1-3H3. The summed E-state index contributed by atoms with van der Waals surface area (Å²) in [4.78, 5) is 12.1. The molecule has 0 radical (unpaired) electrons. The highest BCUT2D eigenvalue weighted by molar-refractivity contribution is 7.99. The van der Waals surface area contributed by atoms with Gasteiger partial charge in [-0.1, -0.05) is 13.8 Å². The van der Waals surface area contributed by atoms with Gasteiger partial charge in [-0.2, -0.15) is 11.8 Å². The van der Waals surface area contributed by atoms with Crippen LogP contribution in [0, 0.1) is 0 Å². The maximum atomic E-state index is 12.1. The highest BCUT2D eigenvalue weighted by Gasteiger charge is 2.45. The lowest BCUT2D eigenvalue weighted by Gasteiger charge is -2.27. The fourth-order valence-electron chi connectivity index (χ4n) is 2.45. The van der Waals surface area contributed by atoms with Gasteiger partial charge in [0.25, 0.3) is 0 Å². The van der Waals surface area contributed by atoms with Crippen LogP contribution >= 0.6 is 11.8 Å². The lowest BCUT2D eigenvalue weighted by atomic mass is 9.98. The Balaban J connectivity index is 2.58. The smallest absolute Gasteiger partial charge is 0.326 e. The lowest BCUT2D eigenvalue weighted by Crippen LogP contribution is -2.51. The topological polar surface area (TPSA) is 38.3 Å². The fraction of sp³-hybridized carbons (Fsp3) is 0.923. The monoisotopic (exact) mass is 259 g/mol. The Morgan fingerprint density at radius 3 is 2.82 bits per heavy atom. The van der Waals surface area contributed by atoms with E-state index in [2.05, 4.69) is 12.2 Å². The minimum atomic E-state index is -0.407. The van der Waals surface area contributed by atoms with Gasteiger partial charge in [-0.3, -0.25) is 4.79 Å². The molecule has 0 heterocycles. The molecule has 2 unspecified atom stereocenters. The Morgan fingerprint density at radius 1 is 1.47 bits per heavy atom. The van der Waals surface area contributed by atoms with Crippen LogP contribution in [0.2, 0.25) is 0 Å². The first-order valence-corrected chi connectivity index (χ1v) is 7.77. The van der Waals surface area contributed by atoms with E-state index in [0.717, 1.165) is 25.8 Å². The average molecular weight is 259 g/mol. The Labute approximate surface area is 109 Å². The highest BCUT2D eigenvalue weighted by atomic mass is 32.2. The molecule has 0 aromatic heterocycles. The third-order valence-corrected chi connectivity index (χ3v) is 4.73.